The highest BCUT2D eigenvalue weighted by molar-refractivity contribution is 8.14. The minimum atomic E-state index is -3.08. The lowest BCUT2D eigenvalue weighted by Gasteiger charge is -2.29. The molecule has 5 nitrogen and oxygen atoms in total. The van der Waals surface area contributed by atoms with E-state index in [0.29, 0.717) is 5.92 Å². The van der Waals surface area contributed by atoms with Crippen LogP contribution in [0.5, 0.6) is 0 Å². The number of nitrogens with one attached hydrogen (secondary N) is 2. The molecule has 25 heavy (non-hydrogen) atoms. The Kier molecular flexibility index (Phi) is 6.41. The third-order valence-electron chi connectivity index (χ3n) is 4.86. The highest BCUT2D eigenvalue weighted by Crippen LogP contribution is 2.26. The molecular weight excluding hydrogens is 354 g/mol. The van der Waals surface area contributed by atoms with Crippen LogP contribution < -0.4 is 10.0 Å². The second kappa shape index (κ2) is 8.56. The minimum Gasteiger partial charge on any atom is -0.385 e. The number of sulfonamides is 1. The van der Waals surface area contributed by atoms with E-state index in [2.05, 4.69) is 39.3 Å². The van der Waals surface area contributed by atoms with Gasteiger partial charge in [-0.15, -0.1) is 11.8 Å². The first-order valence-corrected chi connectivity index (χ1v) is 11.7. The van der Waals surface area contributed by atoms with Gasteiger partial charge in [-0.1, -0.05) is 12.1 Å². The van der Waals surface area contributed by atoms with Gasteiger partial charge in [0.1, 0.15) is 0 Å². The zero-order chi connectivity index (χ0) is 17.7. The van der Waals surface area contributed by atoms with Gasteiger partial charge in [-0.25, -0.2) is 13.1 Å². The van der Waals surface area contributed by atoms with E-state index >= 15 is 0 Å². The maximum atomic E-state index is 11.7. The molecule has 1 aromatic carbocycles. The number of aliphatic imine (C=N–C) groups is 1. The molecule has 0 radical (unpaired) electrons. The van der Waals surface area contributed by atoms with Gasteiger partial charge >= 0.3 is 0 Å². The summed E-state index contributed by atoms with van der Waals surface area (Å²) in [5.41, 5.74) is 2.34. The van der Waals surface area contributed by atoms with Gasteiger partial charge in [-0.05, 0) is 50.7 Å². The van der Waals surface area contributed by atoms with Crippen LogP contribution in [0.15, 0.2) is 29.3 Å². The number of nitrogens with zero attached hydrogens (tertiary/aromatic N) is 1. The van der Waals surface area contributed by atoms with E-state index in [4.69, 9.17) is 0 Å². The lowest BCUT2D eigenvalue weighted by molar-refractivity contribution is 0.324. The largest absolute Gasteiger partial charge is 0.385 e. The molecular formula is C18H27N3O2S2. The minimum absolute atomic E-state index is 0.113. The Labute approximate surface area is 155 Å². The van der Waals surface area contributed by atoms with Crippen molar-refractivity contribution in [2.24, 2.45) is 10.9 Å². The van der Waals surface area contributed by atoms with Crippen LogP contribution in [-0.2, 0) is 10.0 Å². The molecule has 1 fully saturated rings. The van der Waals surface area contributed by atoms with E-state index in [-0.39, 0.29) is 11.8 Å². The van der Waals surface area contributed by atoms with Crippen LogP contribution in [0, 0.1) is 5.92 Å². The van der Waals surface area contributed by atoms with Crippen LogP contribution in [0.4, 0.5) is 5.69 Å². The summed E-state index contributed by atoms with van der Waals surface area (Å²) in [6, 6.07) is 8.59. The van der Waals surface area contributed by atoms with Crippen molar-refractivity contribution in [1.29, 1.82) is 0 Å². The lowest BCUT2D eigenvalue weighted by Crippen LogP contribution is -2.39. The summed E-state index contributed by atoms with van der Waals surface area (Å²) in [5, 5.41) is 4.70. The van der Waals surface area contributed by atoms with E-state index in [1.807, 2.05) is 11.8 Å². The standard InChI is InChI=1S/C18H27N3O2S2/c1-2-25(22,23)21-16-8-6-14(7-9-16)13-20-17-5-3-4-15(12-17)18-19-10-11-24-18/h3-5,12,14,16,20-21H,2,6-11,13H2,1H3/t14-,16-. The maximum Gasteiger partial charge on any atom is 0.211 e. The Morgan fingerprint density at radius 1 is 1.24 bits per heavy atom. The average molecular weight is 382 g/mol. The molecule has 0 bridgehead atoms. The molecule has 2 aliphatic rings. The summed E-state index contributed by atoms with van der Waals surface area (Å²) in [7, 11) is -3.08. The van der Waals surface area contributed by atoms with E-state index in [1.165, 1.54) is 5.56 Å². The molecule has 1 aliphatic heterocycles. The summed E-state index contributed by atoms with van der Waals surface area (Å²) >= 11 is 1.82. The second-order valence-electron chi connectivity index (χ2n) is 6.74. The first-order valence-electron chi connectivity index (χ1n) is 9.07. The number of hydrogen-bond acceptors (Lipinski definition) is 5. The topological polar surface area (TPSA) is 70.6 Å². The first kappa shape index (κ1) is 18.7. The van der Waals surface area contributed by atoms with Crippen LogP contribution in [0.2, 0.25) is 0 Å². The van der Waals surface area contributed by atoms with Crippen LogP contribution >= 0.6 is 11.8 Å². The molecule has 1 aromatic rings. The van der Waals surface area contributed by atoms with Crippen molar-refractivity contribution in [2.75, 3.05) is 29.9 Å². The van der Waals surface area contributed by atoms with Gasteiger partial charge in [0, 0.05) is 36.1 Å². The van der Waals surface area contributed by atoms with Crippen molar-refractivity contribution in [2.45, 2.75) is 38.6 Å². The Balaban J connectivity index is 1.46. The summed E-state index contributed by atoms with van der Waals surface area (Å²) in [5.74, 6) is 1.84. The van der Waals surface area contributed by atoms with Crippen molar-refractivity contribution < 1.29 is 8.42 Å². The molecule has 2 N–H and O–H groups in total. The fraction of sp³-hybridized carbons (Fsp3) is 0.611. The first-order chi connectivity index (χ1) is 12.1. The van der Waals surface area contributed by atoms with Crippen LogP contribution in [-0.4, -0.2) is 44.1 Å². The molecule has 0 amide bonds. The molecule has 0 spiro atoms. The Morgan fingerprint density at radius 2 is 2.04 bits per heavy atom. The highest BCUT2D eigenvalue weighted by Gasteiger charge is 2.24. The van der Waals surface area contributed by atoms with Gasteiger partial charge in [0.2, 0.25) is 10.0 Å². The summed E-state index contributed by atoms with van der Waals surface area (Å²) in [6.45, 7) is 3.54. The number of hydrogen-bond donors (Lipinski definition) is 2. The van der Waals surface area contributed by atoms with Gasteiger partial charge in [0.15, 0.2) is 0 Å². The molecule has 0 aromatic heterocycles. The SMILES string of the molecule is CCS(=O)(=O)N[C@H]1CC[C@H](CNc2cccc(C3=NCCS3)c2)CC1. The quantitative estimate of drug-likeness (QED) is 0.761. The fourth-order valence-electron chi connectivity index (χ4n) is 3.36. The zero-order valence-electron chi connectivity index (χ0n) is 14.7. The average Bonchev–Trinajstić information content (AvgIpc) is 3.16. The van der Waals surface area contributed by atoms with Crippen molar-refractivity contribution in [1.82, 2.24) is 4.72 Å². The smallest absolute Gasteiger partial charge is 0.211 e. The van der Waals surface area contributed by atoms with Crippen LogP contribution in [0.25, 0.3) is 0 Å². The molecule has 0 atom stereocenters. The van der Waals surface area contributed by atoms with Crippen molar-refractivity contribution in [3.63, 3.8) is 0 Å². The van der Waals surface area contributed by atoms with E-state index in [1.54, 1.807) is 6.92 Å². The Hall–Kier alpha value is -1.05. The van der Waals surface area contributed by atoms with Gasteiger partial charge in [0.05, 0.1) is 10.8 Å². The Bertz CT molecular complexity index is 711. The molecule has 3 rings (SSSR count). The number of anilines is 1. The van der Waals surface area contributed by atoms with E-state index in [0.717, 1.165) is 55.3 Å². The fourth-order valence-corrected chi connectivity index (χ4v) is 5.12. The molecule has 1 saturated carbocycles. The van der Waals surface area contributed by atoms with Gasteiger partial charge in [-0.2, -0.15) is 0 Å². The van der Waals surface area contributed by atoms with Crippen molar-refractivity contribution in [3.8, 4) is 0 Å². The number of benzene rings is 1. The predicted octanol–water partition coefficient (Wildman–Crippen LogP) is 3.09. The molecule has 1 aliphatic carbocycles. The second-order valence-corrected chi connectivity index (χ2v) is 9.86. The van der Waals surface area contributed by atoms with Crippen molar-refractivity contribution >= 4 is 32.5 Å². The molecule has 0 unspecified atom stereocenters. The van der Waals surface area contributed by atoms with Crippen LogP contribution in [0.3, 0.4) is 0 Å². The lowest BCUT2D eigenvalue weighted by atomic mass is 9.86. The summed E-state index contributed by atoms with van der Waals surface area (Å²) in [4.78, 5) is 4.54. The monoisotopic (exact) mass is 381 g/mol. The predicted molar refractivity (Wildman–Crippen MR) is 107 cm³/mol. The summed E-state index contributed by atoms with van der Waals surface area (Å²) in [6.07, 6.45) is 3.98. The maximum absolute atomic E-state index is 11.7. The number of thioether (sulfide) groups is 1. The van der Waals surface area contributed by atoms with Gasteiger partial charge in [-0.3, -0.25) is 4.99 Å². The molecule has 138 valence electrons. The van der Waals surface area contributed by atoms with Gasteiger partial charge in [0.25, 0.3) is 0 Å². The normalized spacial score (nSPS) is 24.1. The number of rotatable bonds is 7. The summed E-state index contributed by atoms with van der Waals surface area (Å²) < 4.78 is 26.1. The molecule has 0 saturated heterocycles. The van der Waals surface area contributed by atoms with Gasteiger partial charge < -0.3 is 5.32 Å². The van der Waals surface area contributed by atoms with Crippen LogP contribution in [0.1, 0.15) is 38.2 Å². The molecule has 7 heteroatoms. The highest BCUT2D eigenvalue weighted by atomic mass is 32.2. The third-order valence-corrected chi connectivity index (χ3v) is 7.34. The van der Waals surface area contributed by atoms with E-state index in [9.17, 15) is 8.42 Å². The Morgan fingerprint density at radius 3 is 2.72 bits per heavy atom. The third kappa shape index (κ3) is 5.46. The van der Waals surface area contributed by atoms with Crippen molar-refractivity contribution in [3.05, 3.63) is 29.8 Å². The van der Waals surface area contributed by atoms with E-state index < -0.39 is 10.0 Å². The molecule has 1 heterocycles. The zero-order valence-corrected chi connectivity index (χ0v) is 16.3.